The molecule has 2 rings (SSSR count). The number of nitrogens with zero attached hydrogens (tertiary/aromatic N) is 4. The summed E-state index contributed by atoms with van der Waals surface area (Å²) in [6.07, 6.45) is 8.00. The normalized spacial score (nSPS) is 19.1. The van der Waals surface area contributed by atoms with Gasteiger partial charge in [-0.05, 0) is 13.8 Å². The fraction of sp³-hybridized carbons (Fsp3) is 0.429. The molecule has 1 aromatic carbocycles. The van der Waals surface area contributed by atoms with E-state index in [1.165, 1.54) is 53.7 Å². The van der Waals surface area contributed by atoms with Crippen molar-refractivity contribution in [2.75, 3.05) is 0 Å². The molecule has 1 aliphatic heterocycles. The number of amides is 4. The predicted octanol–water partition coefficient (Wildman–Crippen LogP) is 3.47. The SMILES string of the molecule is C#C.CC1(C)[N-]C(=O)C(C)(C)C(=O)[N-]C(C)(C)C(=O)[N-]c2ccccc2[N-]C1=O.[Fe+4].[OH3+]. The molecule has 0 saturated carbocycles. The van der Waals surface area contributed by atoms with Gasteiger partial charge in [-0.1, -0.05) is 63.0 Å². The minimum atomic E-state index is -1.63. The molecule has 0 fully saturated rings. The third-order valence-corrected chi connectivity index (χ3v) is 4.20. The number of benzene rings is 1. The molecule has 1 aromatic rings. The monoisotopic (exact) mass is 471 g/mol. The number of fused-ring (bicyclic) bond motifs is 1. The van der Waals surface area contributed by atoms with E-state index in [-0.39, 0.29) is 33.9 Å². The molecule has 0 aromatic heterocycles. The second-order valence-electron chi connectivity index (χ2n) is 7.90. The van der Waals surface area contributed by atoms with E-state index in [1.807, 2.05) is 0 Å². The van der Waals surface area contributed by atoms with Gasteiger partial charge in [0.1, 0.15) is 0 Å². The number of para-hydroxylation sites is 2. The third-order valence-electron chi connectivity index (χ3n) is 4.20. The topological polar surface area (TPSA) is 158 Å². The van der Waals surface area contributed by atoms with Gasteiger partial charge in [-0.15, -0.1) is 24.2 Å². The standard InChI is InChI=1S/C19H26N4O4.C2H2.Fe.H2O/c1-17(2)13(24)22-18(3,4)15(26)20-11-9-7-8-10-12(11)21-16(27)19(5,6)23-14(17)25;1-2;;/h7-10H,1-6H3,(H4,20,21,22,23,24,25,26,27);1-2H;;1H2/q;;+4;/p-3. The van der Waals surface area contributed by atoms with Crippen LogP contribution in [0, 0.1) is 18.3 Å². The van der Waals surface area contributed by atoms with Crippen molar-refractivity contribution in [2.24, 2.45) is 5.41 Å². The summed E-state index contributed by atoms with van der Waals surface area (Å²) in [5, 5.41) is 15.8. The van der Waals surface area contributed by atoms with Crippen LogP contribution >= 0.6 is 0 Å². The van der Waals surface area contributed by atoms with Crippen molar-refractivity contribution in [1.82, 2.24) is 0 Å². The molecular weight excluding hydrogens is 444 g/mol. The molecule has 1 aliphatic rings. The average molecular weight is 471 g/mol. The summed E-state index contributed by atoms with van der Waals surface area (Å²) in [5.41, 5.74) is -4.26. The van der Waals surface area contributed by atoms with E-state index >= 15 is 0 Å². The van der Waals surface area contributed by atoms with E-state index < -0.39 is 40.1 Å². The largest absolute Gasteiger partial charge is 4.00 e. The molecule has 168 valence electrons. The molecule has 0 atom stereocenters. The summed E-state index contributed by atoms with van der Waals surface area (Å²) in [6.45, 7) is 8.45. The van der Waals surface area contributed by atoms with E-state index in [0.717, 1.165) is 0 Å². The van der Waals surface area contributed by atoms with E-state index in [9.17, 15) is 19.2 Å². The van der Waals surface area contributed by atoms with Crippen molar-refractivity contribution in [3.05, 3.63) is 45.5 Å². The first kappa shape index (κ1) is 30.3. The maximum Gasteiger partial charge on any atom is 4.00 e. The van der Waals surface area contributed by atoms with E-state index in [1.54, 1.807) is 12.1 Å². The molecular formula is C21H27FeN4O5+. The third kappa shape index (κ3) is 6.82. The van der Waals surface area contributed by atoms with Gasteiger partial charge in [-0.25, -0.2) is 0 Å². The number of carbonyl (C=O) groups is 4. The van der Waals surface area contributed by atoms with Crippen LogP contribution in [-0.2, 0) is 41.7 Å². The van der Waals surface area contributed by atoms with Crippen LogP contribution in [0.5, 0.6) is 0 Å². The molecule has 4 amide bonds. The molecule has 31 heavy (non-hydrogen) atoms. The van der Waals surface area contributed by atoms with Crippen molar-refractivity contribution in [3.8, 4) is 12.8 Å². The fourth-order valence-corrected chi connectivity index (χ4v) is 2.12. The average Bonchev–Trinajstić information content (AvgIpc) is 2.63. The molecule has 0 aliphatic carbocycles. The van der Waals surface area contributed by atoms with Crippen LogP contribution in [0.2, 0.25) is 0 Å². The fourth-order valence-electron chi connectivity index (χ4n) is 2.12. The van der Waals surface area contributed by atoms with Gasteiger partial charge in [0.15, 0.2) is 0 Å². The van der Waals surface area contributed by atoms with Gasteiger partial charge >= 0.3 is 17.1 Å². The Morgan fingerprint density at radius 2 is 0.935 bits per heavy atom. The Morgan fingerprint density at radius 1 is 0.645 bits per heavy atom. The summed E-state index contributed by atoms with van der Waals surface area (Å²) in [7, 11) is 0. The zero-order valence-corrected chi connectivity index (χ0v) is 19.4. The quantitative estimate of drug-likeness (QED) is 0.246. The maximum absolute atomic E-state index is 12.6. The van der Waals surface area contributed by atoms with E-state index in [0.29, 0.717) is 0 Å². The van der Waals surface area contributed by atoms with Crippen molar-refractivity contribution >= 4 is 35.0 Å². The number of carbonyl (C=O) groups excluding carboxylic acids is 4. The van der Waals surface area contributed by atoms with Crippen molar-refractivity contribution in [3.63, 3.8) is 0 Å². The zero-order chi connectivity index (χ0) is 22.6. The van der Waals surface area contributed by atoms with E-state index in [2.05, 4.69) is 34.1 Å². The van der Waals surface area contributed by atoms with Gasteiger partial charge in [-0.3, -0.25) is 0 Å². The van der Waals surface area contributed by atoms with Crippen LogP contribution in [0.1, 0.15) is 41.5 Å². The van der Waals surface area contributed by atoms with Gasteiger partial charge in [0.05, 0.1) is 11.8 Å². The van der Waals surface area contributed by atoms with Crippen LogP contribution in [0.4, 0.5) is 11.4 Å². The second kappa shape index (κ2) is 11.0. The van der Waals surface area contributed by atoms with Crippen LogP contribution in [0.3, 0.4) is 0 Å². The van der Waals surface area contributed by atoms with Gasteiger partial charge < -0.3 is 45.9 Å². The number of hydrogen-bond donors (Lipinski definition) is 0. The van der Waals surface area contributed by atoms with Crippen LogP contribution in [-0.4, -0.2) is 34.7 Å². The molecule has 10 heteroatoms. The summed E-state index contributed by atoms with van der Waals surface area (Å²) >= 11 is 0. The Labute approximate surface area is 193 Å². The van der Waals surface area contributed by atoms with Gasteiger partial charge in [-0.2, -0.15) is 0 Å². The Bertz CT molecular complexity index is 797. The Balaban J connectivity index is 0. The van der Waals surface area contributed by atoms with Gasteiger partial charge in [0, 0.05) is 17.2 Å². The summed E-state index contributed by atoms with van der Waals surface area (Å²) in [4.78, 5) is 50.4. The molecule has 0 radical (unpaired) electrons. The molecule has 0 saturated heterocycles. The van der Waals surface area contributed by atoms with Crippen molar-refractivity contribution in [1.29, 1.82) is 0 Å². The minimum absolute atomic E-state index is 0. The number of rotatable bonds is 0. The molecule has 0 bridgehead atoms. The summed E-state index contributed by atoms with van der Waals surface area (Å²) in [6, 6.07) is 6.35. The Morgan fingerprint density at radius 3 is 1.23 bits per heavy atom. The van der Waals surface area contributed by atoms with Crippen LogP contribution in [0.15, 0.2) is 24.3 Å². The van der Waals surface area contributed by atoms with Gasteiger partial charge in [0.2, 0.25) is 0 Å². The molecule has 0 spiro atoms. The molecule has 3 N–H and O–H groups in total. The van der Waals surface area contributed by atoms with Crippen LogP contribution < -0.4 is 0 Å². The Hall–Kier alpha value is -2.86. The zero-order valence-electron chi connectivity index (χ0n) is 18.3. The molecule has 1 heterocycles. The van der Waals surface area contributed by atoms with Gasteiger partial charge in [0.25, 0.3) is 0 Å². The number of terminal acetylenes is 1. The van der Waals surface area contributed by atoms with E-state index in [4.69, 9.17) is 0 Å². The first-order valence-corrected chi connectivity index (χ1v) is 8.77. The second-order valence-corrected chi connectivity index (χ2v) is 7.90. The van der Waals surface area contributed by atoms with Crippen molar-refractivity contribution < 1.29 is 41.7 Å². The summed E-state index contributed by atoms with van der Waals surface area (Å²) < 4.78 is 0. The predicted molar refractivity (Wildman–Crippen MR) is 116 cm³/mol. The molecule has 9 nitrogen and oxygen atoms in total. The summed E-state index contributed by atoms with van der Waals surface area (Å²) in [5.74, 6) is -3.00. The first-order valence-electron chi connectivity index (χ1n) is 8.77. The van der Waals surface area contributed by atoms with Crippen LogP contribution in [0.25, 0.3) is 21.3 Å². The molecule has 0 unspecified atom stereocenters. The maximum atomic E-state index is 12.6. The van der Waals surface area contributed by atoms with Crippen molar-refractivity contribution in [2.45, 2.75) is 52.6 Å². The Kier molecular flexibility index (Phi) is 10.7. The smallest absolute Gasteiger partial charge is 0.643 e. The minimum Gasteiger partial charge on any atom is -0.643 e. The number of hydrogen-bond acceptors (Lipinski definition) is 4. The first-order chi connectivity index (χ1) is 13.3.